The van der Waals surface area contributed by atoms with Crippen LogP contribution in [-0.4, -0.2) is 36.0 Å². The van der Waals surface area contributed by atoms with E-state index in [1.165, 1.54) is 43.4 Å². The minimum Gasteiger partial charge on any atom is -0.464 e. The monoisotopic (exact) mass is 351 g/mol. The Bertz CT molecular complexity index is 501. The number of carbonyl (C=O) groups excluding carboxylic acids is 2. The number of unbranched alkanes of at least 4 members (excludes halogenated alkanes) is 6. The molecule has 0 aliphatic carbocycles. The summed E-state index contributed by atoms with van der Waals surface area (Å²) >= 11 is 1.42. The number of rotatable bonds is 10. The molecule has 0 bridgehead atoms. The van der Waals surface area contributed by atoms with Crippen LogP contribution in [0, 0.1) is 0 Å². The van der Waals surface area contributed by atoms with Crippen molar-refractivity contribution in [3.63, 3.8) is 0 Å². The van der Waals surface area contributed by atoms with E-state index < -0.39 is 6.04 Å². The van der Waals surface area contributed by atoms with Crippen LogP contribution in [0.15, 0.2) is 17.5 Å². The van der Waals surface area contributed by atoms with E-state index in [1.54, 1.807) is 4.90 Å². The van der Waals surface area contributed by atoms with Gasteiger partial charge in [0.2, 0.25) is 0 Å². The van der Waals surface area contributed by atoms with Crippen LogP contribution < -0.4 is 0 Å². The number of carbonyl (C=O) groups is 2. The van der Waals surface area contributed by atoms with Crippen molar-refractivity contribution in [2.24, 2.45) is 0 Å². The first-order valence-corrected chi connectivity index (χ1v) is 10.1. The van der Waals surface area contributed by atoms with E-state index in [4.69, 9.17) is 4.74 Å². The summed E-state index contributed by atoms with van der Waals surface area (Å²) in [6.07, 6.45) is 9.98. The predicted octanol–water partition coefficient (Wildman–Crippen LogP) is 4.65. The molecule has 0 spiro atoms. The van der Waals surface area contributed by atoms with Gasteiger partial charge in [0.1, 0.15) is 6.04 Å². The van der Waals surface area contributed by atoms with Crippen molar-refractivity contribution in [2.45, 2.75) is 70.8 Å². The minimum atomic E-state index is -0.399. The number of esters is 1. The zero-order valence-corrected chi connectivity index (χ0v) is 15.5. The van der Waals surface area contributed by atoms with Gasteiger partial charge in [-0.25, -0.2) is 4.79 Å². The van der Waals surface area contributed by atoms with Gasteiger partial charge in [-0.1, -0.05) is 51.5 Å². The van der Waals surface area contributed by atoms with E-state index in [0.717, 1.165) is 19.3 Å². The molecule has 1 saturated heterocycles. The van der Waals surface area contributed by atoms with Crippen molar-refractivity contribution in [1.29, 1.82) is 0 Å². The van der Waals surface area contributed by atoms with E-state index in [9.17, 15) is 9.59 Å². The third-order valence-corrected chi connectivity index (χ3v) is 5.37. The second kappa shape index (κ2) is 10.5. The number of likely N-dealkylation sites (tertiary alicyclic amines) is 1. The molecular formula is C19H29NO3S. The van der Waals surface area contributed by atoms with Crippen LogP contribution in [0.3, 0.4) is 0 Å². The summed E-state index contributed by atoms with van der Waals surface area (Å²) in [6, 6.07) is 3.28. The van der Waals surface area contributed by atoms with E-state index in [2.05, 4.69) is 6.92 Å². The molecule has 2 rings (SSSR count). The zero-order valence-electron chi connectivity index (χ0n) is 14.7. The molecule has 1 aliphatic rings. The summed E-state index contributed by atoms with van der Waals surface area (Å²) in [6.45, 7) is 3.34. The lowest BCUT2D eigenvalue weighted by Crippen LogP contribution is -2.41. The van der Waals surface area contributed by atoms with Gasteiger partial charge in [0.05, 0.1) is 11.5 Å². The van der Waals surface area contributed by atoms with Crippen molar-refractivity contribution in [2.75, 3.05) is 13.2 Å². The number of hydrogen-bond acceptors (Lipinski definition) is 4. The van der Waals surface area contributed by atoms with Gasteiger partial charge in [0.15, 0.2) is 0 Å². The molecule has 2 heterocycles. The second-order valence-corrected chi connectivity index (χ2v) is 7.37. The Morgan fingerprint density at radius 2 is 1.96 bits per heavy atom. The fraction of sp³-hybridized carbons (Fsp3) is 0.684. The lowest BCUT2D eigenvalue weighted by molar-refractivity contribution is -0.148. The summed E-state index contributed by atoms with van der Waals surface area (Å²) in [4.78, 5) is 27.1. The molecule has 134 valence electrons. The standard InChI is InChI=1S/C19H29NO3S/c1-2-3-4-5-6-7-8-14-23-19(22)16-11-9-13-20(16)18(21)17-12-10-15-24-17/h10,12,15-16H,2-9,11,13-14H2,1H3. The molecule has 1 amide bonds. The minimum absolute atomic E-state index is 0.0413. The van der Waals surface area contributed by atoms with Crippen molar-refractivity contribution in [3.05, 3.63) is 22.4 Å². The molecule has 1 atom stereocenters. The highest BCUT2D eigenvalue weighted by Gasteiger charge is 2.35. The first-order chi connectivity index (χ1) is 11.7. The van der Waals surface area contributed by atoms with Crippen LogP contribution >= 0.6 is 11.3 Å². The lowest BCUT2D eigenvalue weighted by atomic mass is 10.1. The Morgan fingerprint density at radius 1 is 1.21 bits per heavy atom. The van der Waals surface area contributed by atoms with Gasteiger partial charge < -0.3 is 9.64 Å². The molecule has 24 heavy (non-hydrogen) atoms. The maximum Gasteiger partial charge on any atom is 0.328 e. The summed E-state index contributed by atoms with van der Waals surface area (Å²) < 4.78 is 5.42. The van der Waals surface area contributed by atoms with Gasteiger partial charge in [-0.3, -0.25) is 4.79 Å². The number of nitrogens with zero attached hydrogens (tertiary/aromatic N) is 1. The molecule has 4 nitrogen and oxygen atoms in total. The van der Waals surface area contributed by atoms with Gasteiger partial charge >= 0.3 is 5.97 Å². The smallest absolute Gasteiger partial charge is 0.328 e. The fourth-order valence-corrected chi connectivity index (χ4v) is 3.80. The SMILES string of the molecule is CCCCCCCCCOC(=O)C1CCCN1C(=O)c1cccs1. The van der Waals surface area contributed by atoms with Gasteiger partial charge in [-0.05, 0) is 30.7 Å². The predicted molar refractivity (Wildman–Crippen MR) is 97.3 cm³/mol. The van der Waals surface area contributed by atoms with Gasteiger partial charge in [-0.2, -0.15) is 0 Å². The van der Waals surface area contributed by atoms with Crippen molar-refractivity contribution in [3.8, 4) is 0 Å². The van der Waals surface area contributed by atoms with Gasteiger partial charge in [0.25, 0.3) is 5.91 Å². The van der Waals surface area contributed by atoms with Crippen molar-refractivity contribution >= 4 is 23.2 Å². The summed E-state index contributed by atoms with van der Waals surface area (Å²) in [7, 11) is 0. The fourth-order valence-electron chi connectivity index (χ4n) is 3.12. The highest BCUT2D eigenvalue weighted by molar-refractivity contribution is 7.12. The lowest BCUT2D eigenvalue weighted by Gasteiger charge is -2.22. The van der Waals surface area contributed by atoms with Crippen LogP contribution in [0.5, 0.6) is 0 Å². The Labute approximate surface area is 149 Å². The summed E-state index contributed by atoms with van der Waals surface area (Å²) in [5.74, 6) is -0.274. The normalized spacial score (nSPS) is 17.2. The van der Waals surface area contributed by atoms with Gasteiger partial charge in [-0.15, -0.1) is 11.3 Å². The van der Waals surface area contributed by atoms with Gasteiger partial charge in [0, 0.05) is 6.54 Å². The molecule has 0 aromatic carbocycles. The third-order valence-electron chi connectivity index (χ3n) is 4.51. The van der Waals surface area contributed by atoms with E-state index in [0.29, 0.717) is 24.4 Å². The third kappa shape index (κ3) is 5.62. The molecule has 0 saturated carbocycles. The highest BCUT2D eigenvalue weighted by Crippen LogP contribution is 2.23. The number of hydrogen-bond donors (Lipinski definition) is 0. The first kappa shape index (κ1) is 19.0. The Balaban J connectivity index is 1.67. The maximum atomic E-state index is 12.5. The average molecular weight is 352 g/mol. The molecule has 1 fully saturated rings. The van der Waals surface area contributed by atoms with Crippen LogP contribution in [-0.2, 0) is 9.53 Å². The average Bonchev–Trinajstić information content (AvgIpc) is 3.28. The second-order valence-electron chi connectivity index (χ2n) is 6.42. The summed E-state index contributed by atoms with van der Waals surface area (Å²) in [5, 5.41) is 1.89. The number of amides is 1. The van der Waals surface area contributed by atoms with E-state index >= 15 is 0 Å². The number of thiophene rings is 1. The molecule has 1 aromatic rings. The molecule has 0 N–H and O–H groups in total. The van der Waals surface area contributed by atoms with Crippen LogP contribution in [0.1, 0.15) is 74.4 Å². The van der Waals surface area contributed by atoms with E-state index in [1.807, 2.05) is 17.5 Å². The quantitative estimate of drug-likeness (QED) is 0.455. The van der Waals surface area contributed by atoms with Crippen molar-refractivity contribution in [1.82, 2.24) is 4.90 Å². The topological polar surface area (TPSA) is 46.6 Å². The number of ether oxygens (including phenoxy) is 1. The molecule has 1 aromatic heterocycles. The zero-order chi connectivity index (χ0) is 17.2. The molecular weight excluding hydrogens is 322 g/mol. The molecule has 0 radical (unpaired) electrons. The Hall–Kier alpha value is -1.36. The molecule has 5 heteroatoms. The van der Waals surface area contributed by atoms with Crippen LogP contribution in [0.25, 0.3) is 0 Å². The van der Waals surface area contributed by atoms with Crippen LogP contribution in [0.4, 0.5) is 0 Å². The first-order valence-electron chi connectivity index (χ1n) is 9.25. The summed E-state index contributed by atoms with van der Waals surface area (Å²) in [5.41, 5.74) is 0. The van der Waals surface area contributed by atoms with E-state index in [-0.39, 0.29) is 11.9 Å². The highest BCUT2D eigenvalue weighted by atomic mass is 32.1. The van der Waals surface area contributed by atoms with Crippen LogP contribution in [0.2, 0.25) is 0 Å². The Morgan fingerprint density at radius 3 is 2.67 bits per heavy atom. The molecule has 1 aliphatic heterocycles. The molecule has 1 unspecified atom stereocenters. The largest absolute Gasteiger partial charge is 0.464 e. The Kier molecular flexibility index (Phi) is 8.29. The van der Waals surface area contributed by atoms with Crippen molar-refractivity contribution < 1.29 is 14.3 Å². The maximum absolute atomic E-state index is 12.5.